The van der Waals surface area contributed by atoms with Gasteiger partial charge in [0.05, 0.1) is 17.3 Å². The fourth-order valence-corrected chi connectivity index (χ4v) is 3.54. The maximum Gasteiger partial charge on any atom is 0.343 e. The van der Waals surface area contributed by atoms with Crippen molar-refractivity contribution in [2.45, 2.75) is 26.7 Å². The number of hydrogen-bond donors (Lipinski definition) is 3. The number of carbonyl (C=O) groups is 1. The molecule has 2 heterocycles. The van der Waals surface area contributed by atoms with Crippen molar-refractivity contribution in [3.8, 4) is 5.75 Å². The molecule has 4 aromatic rings. The maximum absolute atomic E-state index is 12.5. The van der Waals surface area contributed by atoms with Crippen molar-refractivity contribution < 1.29 is 9.53 Å². The molecule has 152 valence electrons. The molecule has 0 fully saturated rings. The molecule has 4 rings (SSSR count). The van der Waals surface area contributed by atoms with Crippen LogP contribution in [0.3, 0.4) is 0 Å². The van der Waals surface area contributed by atoms with Crippen molar-refractivity contribution in [2.24, 2.45) is 0 Å². The highest BCUT2D eigenvalue weighted by Crippen LogP contribution is 2.33. The first-order valence-corrected chi connectivity index (χ1v) is 9.60. The van der Waals surface area contributed by atoms with E-state index in [0.29, 0.717) is 16.9 Å². The fraction of sp³-hybridized carbons (Fsp3) is 0.174. The second-order valence-electron chi connectivity index (χ2n) is 7.33. The predicted molar refractivity (Wildman–Crippen MR) is 113 cm³/mol. The molecule has 0 aliphatic rings. The summed E-state index contributed by atoms with van der Waals surface area (Å²) in [5.41, 5.74) is 5.47. The topological polar surface area (TPSA) is 104 Å². The van der Waals surface area contributed by atoms with Crippen LogP contribution in [0.5, 0.6) is 5.75 Å². The molecule has 2 aromatic carbocycles. The molecule has 1 atom stereocenters. The fourth-order valence-electron chi connectivity index (χ4n) is 3.54. The summed E-state index contributed by atoms with van der Waals surface area (Å²) >= 11 is 0. The van der Waals surface area contributed by atoms with Gasteiger partial charge in [-0.1, -0.05) is 29.8 Å². The van der Waals surface area contributed by atoms with Gasteiger partial charge >= 0.3 is 5.97 Å². The summed E-state index contributed by atoms with van der Waals surface area (Å²) < 4.78 is 5.50. The van der Waals surface area contributed by atoms with E-state index in [4.69, 9.17) is 4.74 Å². The Balaban J connectivity index is 1.65. The number of nitrogens with one attached hydrogen (secondary N) is 3. The molecule has 7 nitrogen and oxygen atoms in total. The molecule has 0 radical (unpaired) electrons. The highest BCUT2D eigenvalue weighted by molar-refractivity contribution is 5.91. The lowest BCUT2D eigenvalue weighted by Gasteiger charge is -2.17. The van der Waals surface area contributed by atoms with Gasteiger partial charge in [0.15, 0.2) is 0 Å². The Hall–Kier alpha value is -3.87. The first-order valence-electron chi connectivity index (χ1n) is 9.60. The lowest BCUT2D eigenvalue weighted by molar-refractivity contribution is 0.0734. The van der Waals surface area contributed by atoms with Crippen molar-refractivity contribution in [1.82, 2.24) is 20.4 Å². The molecule has 0 amide bonds. The third-order valence-corrected chi connectivity index (χ3v) is 5.19. The summed E-state index contributed by atoms with van der Waals surface area (Å²) in [5, 5.41) is 12.6. The van der Waals surface area contributed by atoms with Crippen LogP contribution in [-0.2, 0) is 0 Å². The van der Waals surface area contributed by atoms with Gasteiger partial charge in [-0.2, -0.15) is 5.10 Å². The van der Waals surface area contributed by atoms with Crippen LogP contribution in [0, 0.1) is 20.8 Å². The van der Waals surface area contributed by atoms with Gasteiger partial charge in [0.25, 0.3) is 5.56 Å². The highest BCUT2D eigenvalue weighted by Gasteiger charge is 2.25. The smallest absolute Gasteiger partial charge is 0.343 e. The van der Waals surface area contributed by atoms with Crippen LogP contribution in [0.15, 0.2) is 59.5 Å². The van der Waals surface area contributed by atoms with Gasteiger partial charge < -0.3 is 9.84 Å². The molecule has 0 saturated carbocycles. The number of benzene rings is 2. The zero-order chi connectivity index (χ0) is 21.3. The zero-order valence-electron chi connectivity index (χ0n) is 16.9. The van der Waals surface area contributed by atoms with Crippen molar-refractivity contribution in [2.75, 3.05) is 0 Å². The molecule has 0 bridgehead atoms. The number of carbonyl (C=O) groups excluding carboxylic acids is 1. The van der Waals surface area contributed by atoms with E-state index in [1.807, 2.05) is 45.0 Å². The standard InChI is InChI=1S/C23H22N4O3/c1-13-4-6-17(7-5-13)23(29)30-18-10-8-16(9-11-18)21(19-12-24-25-14(19)2)20-15(3)26-27-22(20)28/h4-12,21H,1-3H3,(H,24,25)(H2,26,27,28). The van der Waals surface area contributed by atoms with E-state index in [9.17, 15) is 9.59 Å². The van der Waals surface area contributed by atoms with Crippen molar-refractivity contribution in [3.63, 3.8) is 0 Å². The van der Waals surface area contributed by atoms with Gasteiger partial charge in [0, 0.05) is 22.9 Å². The Morgan fingerprint density at radius 3 is 2.20 bits per heavy atom. The number of aryl methyl sites for hydroxylation is 3. The van der Waals surface area contributed by atoms with Gasteiger partial charge in [-0.15, -0.1) is 0 Å². The van der Waals surface area contributed by atoms with E-state index in [2.05, 4.69) is 20.4 Å². The highest BCUT2D eigenvalue weighted by atomic mass is 16.5. The number of hydrogen-bond acceptors (Lipinski definition) is 4. The van der Waals surface area contributed by atoms with E-state index < -0.39 is 5.97 Å². The van der Waals surface area contributed by atoms with Crippen LogP contribution in [-0.4, -0.2) is 26.4 Å². The number of rotatable bonds is 5. The third-order valence-electron chi connectivity index (χ3n) is 5.19. The summed E-state index contributed by atoms with van der Waals surface area (Å²) in [6, 6.07) is 14.4. The largest absolute Gasteiger partial charge is 0.423 e. The predicted octanol–water partition coefficient (Wildman–Crippen LogP) is 3.75. The zero-order valence-corrected chi connectivity index (χ0v) is 16.9. The average molecular weight is 402 g/mol. The van der Waals surface area contributed by atoms with Gasteiger partial charge in [0.2, 0.25) is 0 Å². The lowest BCUT2D eigenvalue weighted by Crippen LogP contribution is -2.15. The second-order valence-corrected chi connectivity index (χ2v) is 7.33. The molecular weight excluding hydrogens is 380 g/mol. The van der Waals surface area contributed by atoms with Crippen molar-refractivity contribution in [1.29, 1.82) is 0 Å². The molecule has 0 aliphatic carbocycles. The van der Waals surface area contributed by atoms with E-state index in [1.165, 1.54) is 0 Å². The molecular formula is C23H22N4O3. The lowest BCUT2D eigenvalue weighted by atomic mass is 9.85. The maximum atomic E-state index is 12.5. The van der Waals surface area contributed by atoms with Crippen molar-refractivity contribution in [3.05, 3.63) is 104 Å². The minimum absolute atomic E-state index is 0.173. The monoisotopic (exact) mass is 402 g/mol. The Labute approximate surface area is 173 Å². The van der Waals surface area contributed by atoms with Crippen LogP contribution in [0.1, 0.15) is 49.9 Å². The molecule has 7 heteroatoms. The average Bonchev–Trinajstić information content (AvgIpc) is 3.30. The minimum atomic E-state index is -0.414. The van der Waals surface area contributed by atoms with Crippen LogP contribution >= 0.6 is 0 Å². The number of H-pyrrole nitrogens is 3. The number of esters is 1. The number of ether oxygens (including phenoxy) is 1. The van der Waals surface area contributed by atoms with E-state index >= 15 is 0 Å². The van der Waals surface area contributed by atoms with Crippen LogP contribution < -0.4 is 10.3 Å². The van der Waals surface area contributed by atoms with Gasteiger partial charge in [-0.3, -0.25) is 15.0 Å². The second kappa shape index (κ2) is 7.87. The summed E-state index contributed by atoms with van der Waals surface area (Å²) in [4.78, 5) is 24.8. The summed E-state index contributed by atoms with van der Waals surface area (Å²) in [5.74, 6) is -0.282. The van der Waals surface area contributed by atoms with Crippen LogP contribution in [0.25, 0.3) is 0 Å². The van der Waals surface area contributed by atoms with E-state index in [-0.39, 0.29) is 11.5 Å². The quantitative estimate of drug-likeness (QED) is 0.349. The molecule has 3 N–H and O–H groups in total. The Kier molecular flexibility index (Phi) is 5.10. The van der Waals surface area contributed by atoms with Crippen LogP contribution in [0.2, 0.25) is 0 Å². The van der Waals surface area contributed by atoms with Crippen LogP contribution in [0.4, 0.5) is 0 Å². The number of aromatic amines is 3. The third kappa shape index (κ3) is 3.69. The molecule has 0 saturated heterocycles. The summed E-state index contributed by atoms with van der Waals surface area (Å²) in [6.45, 7) is 5.74. The van der Waals surface area contributed by atoms with E-state index in [1.54, 1.807) is 30.5 Å². The molecule has 0 spiro atoms. The van der Waals surface area contributed by atoms with Crippen molar-refractivity contribution >= 4 is 5.97 Å². The molecule has 0 aliphatic heterocycles. The van der Waals surface area contributed by atoms with Gasteiger partial charge in [0.1, 0.15) is 5.75 Å². The Morgan fingerprint density at radius 1 is 0.933 bits per heavy atom. The van der Waals surface area contributed by atoms with E-state index in [0.717, 1.165) is 28.1 Å². The Bertz CT molecular complexity index is 1230. The summed E-state index contributed by atoms with van der Waals surface area (Å²) in [7, 11) is 0. The number of aromatic nitrogens is 4. The first-order chi connectivity index (χ1) is 14.4. The molecule has 30 heavy (non-hydrogen) atoms. The number of nitrogens with zero attached hydrogens (tertiary/aromatic N) is 1. The van der Waals surface area contributed by atoms with Gasteiger partial charge in [-0.25, -0.2) is 4.79 Å². The SMILES string of the molecule is Cc1ccc(C(=O)Oc2ccc(C(c3cn[nH]c3C)c3c(C)[nH][nH]c3=O)cc2)cc1. The summed E-state index contributed by atoms with van der Waals surface area (Å²) in [6.07, 6.45) is 1.73. The molecule has 2 aromatic heterocycles. The first kappa shape index (κ1) is 19.4. The molecule has 1 unspecified atom stereocenters. The Morgan fingerprint density at radius 2 is 1.63 bits per heavy atom. The normalized spacial score (nSPS) is 12.0. The van der Waals surface area contributed by atoms with Gasteiger partial charge in [-0.05, 0) is 50.6 Å². The minimum Gasteiger partial charge on any atom is -0.423 e.